The third-order valence-electron chi connectivity index (χ3n) is 5.47. The summed E-state index contributed by atoms with van der Waals surface area (Å²) in [7, 11) is 1.82. The molecule has 0 radical (unpaired) electrons. The summed E-state index contributed by atoms with van der Waals surface area (Å²) >= 11 is 0. The Bertz CT molecular complexity index is 295. The molecule has 0 amide bonds. The summed E-state index contributed by atoms with van der Waals surface area (Å²) in [6, 6.07) is 0. The van der Waals surface area contributed by atoms with Gasteiger partial charge in [-0.3, -0.25) is 4.90 Å². The largest absolute Gasteiger partial charge is 0.384 e. The van der Waals surface area contributed by atoms with Crippen LogP contribution >= 0.6 is 0 Å². The first-order valence-corrected chi connectivity index (χ1v) is 8.53. The maximum absolute atomic E-state index is 6.26. The van der Waals surface area contributed by atoms with E-state index in [1.165, 1.54) is 51.6 Å². The van der Waals surface area contributed by atoms with Gasteiger partial charge < -0.3 is 10.5 Å². The van der Waals surface area contributed by atoms with E-state index in [1.54, 1.807) is 0 Å². The van der Waals surface area contributed by atoms with Crippen molar-refractivity contribution in [1.82, 2.24) is 4.90 Å². The van der Waals surface area contributed by atoms with Gasteiger partial charge in [0, 0.05) is 25.7 Å². The molecule has 2 fully saturated rings. The molecule has 20 heavy (non-hydrogen) atoms. The van der Waals surface area contributed by atoms with Crippen molar-refractivity contribution >= 4 is 0 Å². The Labute approximate surface area is 125 Å². The first-order chi connectivity index (χ1) is 9.59. The van der Waals surface area contributed by atoms with Gasteiger partial charge >= 0.3 is 0 Å². The molecule has 1 saturated carbocycles. The van der Waals surface area contributed by atoms with Gasteiger partial charge in [0.2, 0.25) is 0 Å². The molecule has 0 aromatic carbocycles. The number of hydrogen-bond donors (Lipinski definition) is 1. The SMILES string of the molecule is COCC1CCN(C2(CN)CCCC(CC(C)C)C2)C1. The van der Waals surface area contributed by atoms with Gasteiger partial charge in [-0.15, -0.1) is 0 Å². The van der Waals surface area contributed by atoms with E-state index < -0.39 is 0 Å². The molecule has 0 bridgehead atoms. The summed E-state index contributed by atoms with van der Waals surface area (Å²) in [5.41, 5.74) is 6.55. The summed E-state index contributed by atoms with van der Waals surface area (Å²) in [4.78, 5) is 2.71. The minimum absolute atomic E-state index is 0.292. The number of ether oxygens (including phenoxy) is 1. The highest BCUT2D eigenvalue weighted by atomic mass is 16.5. The first-order valence-electron chi connectivity index (χ1n) is 8.53. The summed E-state index contributed by atoms with van der Waals surface area (Å²) < 4.78 is 5.34. The van der Waals surface area contributed by atoms with Crippen molar-refractivity contribution in [2.45, 2.75) is 57.9 Å². The fourth-order valence-electron chi connectivity index (χ4n) is 4.57. The maximum atomic E-state index is 6.26. The second-order valence-electron chi connectivity index (χ2n) is 7.58. The minimum Gasteiger partial charge on any atom is -0.384 e. The van der Waals surface area contributed by atoms with E-state index in [0.717, 1.165) is 25.0 Å². The zero-order chi connectivity index (χ0) is 14.6. The molecule has 0 aromatic heterocycles. The van der Waals surface area contributed by atoms with Crippen LogP contribution in [-0.4, -0.2) is 43.8 Å². The lowest BCUT2D eigenvalue weighted by atomic mass is 9.72. The lowest BCUT2D eigenvalue weighted by Gasteiger charge is -2.47. The minimum atomic E-state index is 0.292. The molecule has 3 atom stereocenters. The van der Waals surface area contributed by atoms with Crippen LogP contribution in [0.1, 0.15) is 52.4 Å². The predicted octanol–water partition coefficient (Wildman–Crippen LogP) is 2.89. The molecular formula is C17H34N2O. The van der Waals surface area contributed by atoms with Crippen molar-refractivity contribution in [3.63, 3.8) is 0 Å². The standard InChI is InChI=1S/C17H34N2O/c1-14(2)9-15-5-4-7-17(10-15,13-18)19-8-6-16(11-19)12-20-3/h14-16H,4-13,18H2,1-3H3. The smallest absolute Gasteiger partial charge is 0.0503 e. The van der Waals surface area contributed by atoms with Gasteiger partial charge in [-0.2, -0.15) is 0 Å². The van der Waals surface area contributed by atoms with Crippen molar-refractivity contribution in [3.8, 4) is 0 Å². The molecular weight excluding hydrogens is 248 g/mol. The Morgan fingerprint density at radius 2 is 2.10 bits per heavy atom. The van der Waals surface area contributed by atoms with Crippen LogP contribution < -0.4 is 5.73 Å². The summed E-state index contributed by atoms with van der Waals surface area (Å²) in [5, 5.41) is 0. The highest BCUT2D eigenvalue weighted by molar-refractivity contribution is 4.99. The van der Waals surface area contributed by atoms with Crippen LogP contribution in [0.4, 0.5) is 0 Å². The molecule has 1 saturated heterocycles. The first kappa shape index (κ1) is 16.3. The van der Waals surface area contributed by atoms with Gasteiger partial charge in [-0.25, -0.2) is 0 Å². The highest BCUT2D eigenvalue weighted by Crippen LogP contribution is 2.41. The Kier molecular flexibility index (Phi) is 5.88. The Morgan fingerprint density at radius 1 is 1.30 bits per heavy atom. The monoisotopic (exact) mass is 282 g/mol. The molecule has 3 heteroatoms. The lowest BCUT2D eigenvalue weighted by molar-refractivity contribution is 0.0430. The number of methoxy groups -OCH3 is 1. The maximum Gasteiger partial charge on any atom is 0.0503 e. The van der Waals surface area contributed by atoms with E-state index in [2.05, 4.69) is 18.7 Å². The van der Waals surface area contributed by atoms with Crippen LogP contribution in [0.15, 0.2) is 0 Å². The second-order valence-corrected chi connectivity index (χ2v) is 7.58. The molecule has 1 heterocycles. The van der Waals surface area contributed by atoms with Crippen LogP contribution in [0.3, 0.4) is 0 Å². The summed E-state index contributed by atoms with van der Waals surface area (Å²) in [6.45, 7) is 8.86. The van der Waals surface area contributed by atoms with Crippen molar-refractivity contribution in [2.75, 3.05) is 33.4 Å². The molecule has 2 rings (SSSR count). The van der Waals surface area contributed by atoms with E-state index >= 15 is 0 Å². The molecule has 2 N–H and O–H groups in total. The van der Waals surface area contributed by atoms with Gasteiger partial charge in [-0.05, 0) is 50.0 Å². The fraction of sp³-hybridized carbons (Fsp3) is 1.00. The quantitative estimate of drug-likeness (QED) is 0.814. The van der Waals surface area contributed by atoms with E-state index in [9.17, 15) is 0 Å². The summed E-state index contributed by atoms with van der Waals surface area (Å²) in [6.07, 6.45) is 8.05. The second kappa shape index (κ2) is 7.24. The average Bonchev–Trinajstić information content (AvgIpc) is 2.88. The third kappa shape index (κ3) is 3.75. The molecule has 2 aliphatic rings. The summed E-state index contributed by atoms with van der Waals surface area (Å²) in [5.74, 6) is 2.41. The van der Waals surface area contributed by atoms with Crippen LogP contribution in [0, 0.1) is 17.8 Å². The fourth-order valence-corrected chi connectivity index (χ4v) is 4.57. The van der Waals surface area contributed by atoms with Crippen molar-refractivity contribution in [2.24, 2.45) is 23.5 Å². The normalized spacial score (nSPS) is 35.9. The van der Waals surface area contributed by atoms with Crippen molar-refractivity contribution in [3.05, 3.63) is 0 Å². The Hall–Kier alpha value is -0.120. The lowest BCUT2D eigenvalue weighted by Crippen LogP contribution is -2.55. The van der Waals surface area contributed by atoms with E-state index in [0.29, 0.717) is 11.5 Å². The third-order valence-corrected chi connectivity index (χ3v) is 5.47. The number of hydrogen-bond acceptors (Lipinski definition) is 3. The molecule has 3 nitrogen and oxygen atoms in total. The number of nitrogens with zero attached hydrogens (tertiary/aromatic N) is 1. The van der Waals surface area contributed by atoms with Crippen LogP contribution in [0.5, 0.6) is 0 Å². The van der Waals surface area contributed by atoms with Crippen LogP contribution in [0.25, 0.3) is 0 Å². The van der Waals surface area contributed by atoms with Gasteiger partial charge in [0.15, 0.2) is 0 Å². The number of rotatable bonds is 6. The number of nitrogens with two attached hydrogens (primary N) is 1. The van der Waals surface area contributed by atoms with Gasteiger partial charge in [-0.1, -0.05) is 26.7 Å². The number of likely N-dealkylation sites (tertiary alicyclic amines) is 1. The van der Waals surface area contributed by atoms with E-state index in [4.69, 9.17) is 10.5 Å². The molecule has 118 valence electrons. The highest BCUT2D eigenvalue weighted by Gasteiger charge is 2.42. The average molecular weight is 282 g/mol. The zero-order valence-electron chi connectivity index (χ0n) is 13.7. The molecule has 1 aliphatic heterocycles. The Balaban J connectivity index is 1.98. The molecule has 0 aromatic rings. The molecule has 1 aliphatic carbocycles. The van der Waals surface area contributed by atoms with Crippen LogP contribution in [0.2, 0.25) is 0 Å². The molecule has 0 spiro atoms. The van der Waals surface area contributed by atoms with Crippen molar-refractivity contribution in [1.29, 1.82) is 0 Å². The van der Waals surface area contributed by atoms with E-state index in [-0.39, 0.29) is 0 Å². The van der Waals surface area contributed by atoms with Crippen molar-refractivity contribution < 1.29 is 4.74 Å². The van der Waals surface area contributed by atoms with Gasteiger partial charge in [0.1, 0.15) is 0 Å². The van der Waals surface area contributed by atoms with Gasteiger partial charge in [0.05, 0.1) is 6.61 Å². The zero-order valence-corrected chi connectivity index (χ0v) is 13.7. The van der Waals surface area contributed by atoms with Gasteiger partial charge in [0.25, 0.3) is 0 Å². The topological polar surface area (TPSA) is 38.5 Å². The Morgan fingerprint density at radius 3 is 2.75 bits per heavy atom. The predicted molar refractivity (Wildman–Crippen MR) is 84.8 cm³/mol. The molecule has 3 unspecified atom stereocenters. The van der Waals surface area contributed by atoms with E-state index in [1.807, 2.05) is 7.11 Å². The van der Waals surface area contributed by atoms with Crippen LogP contribution in [-0.2, 0) is 4.74 Å².